The van der Waals surface area contributed by atoms with Gasteiger partial charge in [-0.15, -0.1) is 0 Å². The summed E-state index contributed by atoms with van der Waals surface area (Å²) in [6.45, 7) is 1.67. The van der Waals surface area contributed by atoms with Gasteiger partial charge < -0.3 is 24.7 Å². The molecule has 0 saturated carbocycles. The van der Waals surface area contributed by atoms with Crippen LogP contribution < -0.4 is 15.2 Å². The van der Waals surface area contributed by atoms with E-state index < -0.39 is 11.9 Å². The van der Waals surface area contributed by atoms with Gasteiger partial charge in [-0.2, -0.15) is 5.26 Å². The minimum absolute atomic E-state index is 0.00585. The molecule has 0 saturated heterocycles. The van der Waals surface area contributed by atoms with Crippen LogP contribution >= 0.6 is 15.9 Å². The van der Waals surface area contributed by atoms with Crippen molar-refractivity contribution < 1.29 is 28.5 Å². The predicted molar refractivity (Wildman–Crippen MR) is 109 cm³/mol. The highest BCUT2D eigenvalue weighted by Gasteiger charge is 2.38. The van der Waals surface area contributed by atoms with Crippen molar-refractivity contribution in [2.45, 2.75) is 32.1 Å². The van der Waals surface area contributed by atoms with Gasteiger partial charge in [0.2, 0.25) is 5.88 Å². The molecule has 2 aliphatic rings. The Hall–Kier alpha value is -2.99. The van der Waals surface area contributed by atoms with E-state index in [2.05, 4.69) is 22.0 Å². The maximum Gasteiger partial charge on any atom is 0.344 e. The molecule has 0 amide bonds. The summed E-state index contributed by atoms with van der Waals surface area (Å²) in [5.74, 6) is -0.114. The zero-order valence-electron chi connectivity index (χ0n) is 16.6. The number of allylic oxidation sites excluding steroid dienone is 3. The average Bonchev–Trinajstić information content (AvgIpc) is 2.71. The molecule has 8 nitrogen and oxygen atoms in total. The highest BCUT2D eigenvalue weighted by Crippen LogP contribution is 2.47. The van der Waals surface area contributed by atoms with E-state index in [1.807, 2.05) is 0 Å². The standard InChI is InChI=1S/C21H21BrN2O6/c1-3-28-17(26)10-29-20-13(22)7-11(8-16(20)27-2)18-12(9-23)21(24)30-15-6-4-5-14(25)19(15)18/h7-8,18H,3-6,10,24H2,1-2H3. The van der Waals surface area contributed by atoms with Crippen LogP contribution in [0.5, 0.6) is 11.5 Å². The number of esters is 1. The monoisotopic (exact) mass is 476 g/mol. The summed E-state index contributed by atoms with van der Waals surface area (Å²) in [7, 11) is 1.46. The van der Waals surface area contributed by atoms with Gasteiger partial charge in [0.25, 0.3) is 0 Å². The molecule has 1 atom stereocenters. The summed E-state index contributed by atoms with van der Waals surface area (Å²) in [6, 6.07) is 5.46. The third kappa shape index (κ3) is 4.14. The first-order chi connectivity index (χ1) is 14.4. The highest BCUT2D eigenvalue weighted by atomic mass is 79.9. The maximum absolute atomic E-state index is 12.7. The minimum Gasteiger partial charge on any atom is -0.493 e. The summed E-state index contributed by atoms with van der Waals surface area (Å²) in [6.07, 6.45) is 1.64. The molecule has 30 heavy (non-hydrogen) atoms. The number of ether oxygens (including phenoxy) is 4. The zero-order chi connectivity index (χ0) is 21.8. The fourth-order valence-electron chi connectivity index (χ4n) is 3.57. The number of ketones is 1. The molecule has 1 unspecified atom stereocenters. The fraction of sp³-hybridized carbons (Fsp3) is 0.381. The smallest absolute Gasteiger partial charge is 0.344 e. The van der Waals surface area contributed by atoms with Crippen LogP contribution in [0.1, 0.15) is 37.7 Å². The Labute approximate surface area is 182 Å². The number of methoxy groups -OCH3 is 1. The second-order valence-corrected chi connectivity index (χ2v) is 7.52. The van der Waals surface area contributed by atoms with Crippen LogP contribution in [-0.4, -0.2) is 32.1 Å². The van der Waals surface area contributed by atoms with Gasteiger partial charge in [-0.25, -0.2) is 4.79 Å². The zero-order valence-corrected chi connectivity index (χ0v) is 18.2. The molecule has 9 heteroatoms. The van der Waals surface area contributed by atoms with Crippen LogP contribution in [0.2, 0.25) is 0 Å². The summed E-state index contributed by atoms with van der Waals surface area (Å²) >= 11 is 3.44. The fourth-order valence-corrected chi connectivity index (χ4v) is 4.14. The first-order valence-electron chi connectivity index (χ1n) is 9.40. The van der Waals surface area contributed by atoms with Crippen molar-refractivity contribution in [1.82, 2.24) is 0 Å². The number of benzene rings is 1. The van der Waals surface area contributed by atoms with Crippen molar-refractivity contribution in [3.8, 4) is 17.6 Å². The molecular weight excluding hydrogens is 456 g/mol. The SMILES string of the molecule is CCOC(=O)COc1c(Br)cc(C2C(C#N)=C(N)OC3=C2C(=O)CCC3)cc1OC. The lowest BCUT2D eigenvalue weighted by atomic mass is 9.77. The lowest BCUT2D eigenvalue weighted by molar-refractivity contribution is -0.145. The number of Topliss-reactive ketones (excluding diaryl/α,β-unsaturated/α-hetero) is 1. The van der Waals surface area contributed by atoms with E-state index >= 15 is 0 Å². The van der Waals surface area contributed by atoms with E-state index in [0.717, 1.165) is 0 Å². The number of hydrogen-bond acceptors (Lipinski definition) is 8. The van der Waals surface area contributed by atoms with Crippen molar-refractivity contribution in [3.63, 3.8) is 0 Å². The molecule has 0 bridgehead atoms. The van der Waals surface area contributed by atoms with Crippen LogP contribution in [0.15, 0.2) is 39.4 Å². The van der Waals surface area contributed by atoms with Crippen LogP contribution in [0, 0.1) is 11.3 Å². The summed E-state index contributed by atoms with van der Waals surface area (Å²) in [5.41, 5.74) is 7.22. The van der Waals surface area contributed by atoms with E-state index in [4.69, 9.17) is 24.7 Å². The van der Waals surface area contributed by atoms with E-state index in [1.165, 1.54) is 7.11 Å². The normalized spacial score (nSPS) is 18.3. The molecule has 158 valence electrons. The lowest BCUT2D eigenvalue weighted by Gasteiger charge is -2.31. The number of rotatable bonds is 6. The Balaban J connectivity index is 2.05. The van der Waals surface area contributed by atoms with Crippen LogP contribution in [0.25, 0.3) is 0 Å². The molecule has 0 spiro atoms. The van der Waals surface area contributed by atoms with Crippen LogP contribution in [-0.2, 0) is 19.1 Å². The van der Waals surface area contributed by atoms with Gasteiger partial charge in [-0.1, -0.05) is 0 Å². The topological polar surface area (TPSA) is 121 Å². The van der Waals surface area contributed by atoms with Gasteiger partial charge >= 0.3 is 5.97 Å². The largest absolute Gasteiger partial charge is 0.493 e. The Kier molecular flexibility index (Phi) is 6.67. The quantitative estimate of drug-likeness (QED) is 0.621. The molecular formula is C21H21BrN2O6. The van der Waals surface area contributed by atoms with Gasteiger partial charge in [0.1, 0.15) is 17.4 Å². The minimum atomic E-state index is -0.671. The Morgan fingerprint density at radius 1 is 1.40 bits per heavy atom. The Morgan fingerprint density at radius 3 is 2.83 bits per heavy atom. The number of carbonyl (C=O) groups is 2. The van der Waals surface area contributed by atoms with E-state index in [9.17, 15) is 14.9 Å². The number of nitriles is 1. The van der Waals surface area contributed by atoms with E-state index in [1.54, 1.807) is 19.1 Å². The number of hydrogen-bond donors (Lipinski definition) is 1. The van der Waals surface area contributed by atoms with Crippen molar-refractivity contribution in [1.29, 1.82) is 5.26 Å². The van der Waals surface area contributed by atoms with Gasteiger partial charge in [0.05, 0.1) is 24.1 Å². The Bertz CT molecular complexity index is 992. The molecule has 3 rings (SSSR count). The van der Waals surface area contributed by atoms with Gasteiger partial charge in [-0.3, -0.25) is 4.79 Å². The second kappa shape index (κ2) is 9.22. The summed E-state index contributed by atoms with van der Waals surface area (Å²) < 4.78 is 22.0. The Morgan fingerprint density at radius 2 is 2.17 bits per heavy atom. The molecule has 1 aromatic carbocycles. The molecule has 1 heterocycles. The summed E-state index contributed by atoms with van der Waals surface area (Å²) in [4.78, 5) is 24.3. The van der Waals surface area contributed by atoms with Gasteiger partial charge in [0, 0.05) is 18.4 Å². The number of carbonyl (C=O) groups excluding carboxylic acids is 2. The van der Waals surface area contributed by atoms with Gasteiger partial charge in [0.15, 0.2) is 23.9 Å². The highest BCUT2D eigenvalue weighted by molar-refractivity contribution is 9.10. The summed E-state index contributed by atoms with van der Waals surface area (Å²) in [5, 5.41) is 9.70. The van der Waals surface area contributed by atoms with Crippen molar-refractivity contribution in [2.75, 3.05) is 20.3 Å². The van der Waals surface area contributed by atoms with Crippen LogP contribution in [0.3, 0.4) is 0 Å². The number of nitrogens with zero attached hydrogens (tertiary/aromatic N) is 1. The molecule has 1 aliphatic carbocycles. The van der Waals surface area contributed by atoms with Crippen LogP contribution in [0.4, 0.5) is 0 Å². The van der Waals surface area contributed by atoms with Gasteiger partial charge in [-0.05, 0) is 47.0 Å². The van der Waals surface area contributed by atoms with Crippen molar-refractivity contribution >= 4 is 27.7 Å². The van der Waals surface area contributed by atoms with Crippen molar-refractivity contribution in [2.24, 2.45) is 5.73 Å². The molecule has 0 radical (unpaired) electrons. The maximum atomic E-state index is 12.7. The molecule has 1 aliphatic heterocycles. The first-order valence-corrected chi connectivity index (χ1v) is 10.2. The van der Waals surface area contributed by atoms with E-state index in [-0.39, 0.29) is 30.5 Å². The molecule has 1 aromatic rings. The molecule has 2 N–H and O–H groups in total. The number of halogens is 1. The third-order valence-corrected chi connectivity index (χ3v) is 5.42. The second-order valence-electron chi connectivity index (χ2n) is 6.67. The number of nitrogens with two attached hydrogens (primary N) is 1. The third-order valence-electron chi connectivity index (χ3n) is 4.83. The lowest BCUT2D eigenvalue weighted by Crippen LogP contribution is -2.27. The molecule has 0 fully saturated rings. The average molecular weight is 477 g/mol. The van der Waals surface area contributed by atoms with Crippen molar-refractivity contribution in [3.05, 3.63) is 45.0 Å². The predicted octanol–water partition coefficient (Wildman–Crippen LogP) is 3.21. The molecule has 0 aromatic heterocycles. The first kappa shape index (κ1) is 21.7. The van der Waals surface area contributed by atoms with E-state index in [0.29, 0.717) is 52.1 Å².